The molecule has 1 aliphatic carbocycles. The Balaban J connectivity index is 1.91. The van der Waals surface area contributed by atoms with Crippen molar-refractivity contribution in [3.63, 3.8) is 0 Å². The maximum atomic E-state index is 14.7. The highest BCUT2D eigenvalue weighted by molar-refractivity contribution is 7.70. The van der Waals surface area contributed by atoms with E-state index in [-0.39, 0.29) is 41.4 Å². The number of hydrogen-bond donors (Lipinski definition) is 4. The molecule has 0 bridgehead atoms. The van der Waals surface area contributed by atoms with Crippen LogP contribution in [0.5, 0.6) is 0 Å². The van der Waals surface area contributed by atoms with E-state index < -0.39 is 30.4 Å². The zero-order chi connectivity index (χ0) is 28.0. The van der Waals surface area contributed by atoms with Gasteiger partial charge in [-0.3, -0.25) is 0 Å². The Morgan fingerprint density at radius 1 is 1.18 bits per heavy atom. The van der Waals surface area contributed by atoms with E-state index in [2.05, 4.69) is 25.6 Å². The standard InChI is InChI=1S/C26H33F3N5O3P/c1-25(2,3)22-19(26(27,28)29)21(16-13-30-20-15(16)9-7-11-18(20)38(4,5)37)33-23(34-22)32-17-10-6-8-14(17)12-31-24(35)36/h7,9,11,13-14,17,30-31H,6,8,10,12H2,1-5H3,(H,35,36)(H,32,33,34)/t14-,17-/m0/s1. The number of rotatable bonds is 6. The summed E-state index contributed by atoms with van der Waals surface area (Å²) in [4.78, 5) is 22.8. The second-order valence-electron chi connectivity index (χ2n) is 11.2. The van der Waals surface area contributed by atoms with Crippen LogP contribution in [0, 0.1) is 5.92 Å². The van der Waals surface area contributed by atoms with Crippen LogP contribution < -0.4 is 15.9 Å². The molecule has 3 aromatic rings. The maximum absolute atomic E-state index is 14.7. The molecule has 0 radical (unpaired) electrons. The predicted octanol–water partition coefficient (Wildman–Crippen LogP) is 6.04. The van der Waals surface area contributed by atoms with Crippen LogP contribution in [0.25, 0.3) is 22.2 Å². The first-order valence-corrected chi connectivity index (χ1v) is 15.1. The Bertz CT molecular complexity index is 1410. The van der Waals surface area contributed by atoms with Crippen molar-refractivity contribution in [3.05, 3.63) is 35.7 Å². The van der Waals surface area contributed by atoms with Crippen LogP contribution in [0.4, 0.5) is 23.9 Å². The molecule has 8 nitrogen and oxygen atoms in total. The number of hydrogen-bond acceptors (Lipinski definition) is 5. The largest absolute Gasteiger partial charge is 0.465 e. The molecule has 2 heterocycles. The number of carbonyl (C=O) groups is 1. The minimum absolute atomic E-state index is 0.0440. The summed E-state index contributed by atoms with van der Waals surface area (Å²) in [6.07, 6.45) is -2.04. The first kappa shape index (κ1) is 28.0. The number of benzene rings is 1. The number of aromatic nitrogens is 3. The van der Waals surface area contributed by atoms with E-state index >= 15 is 0 Å². The lowest BCUT2D eigenvalue weighted by atomic mass is 9.86. The molecule has 0 unspecified atom stereocenters. The van der Waals surface area contributed by atoms with Crippen LogP contribution in [-0.2, 0) is 16.2 Å². The van der Waals surface area contributed by atoms with E-state index in [0.29, 0.717) is 16.2 Å². The number of anilines is 1. The topological polar surface area (TPSA) is 120 Å². The summed E-state index contributed by atoms with van der Waals surface area (Å²) in [6.45, 7) is 8.48. The van der Waals surface area contributed by atoms with Crippen molar-refractivity contribution in [2.24, 2.45) is 5.92 Å². The van der Waals surface area contributed by atoms with Gasteiger partial charge in [-0.1, -0.05) is 39.3 Å². The summed E-state index contributed by atoms with van der Waals surface area (Å²) >= 11 is 0. The summed E-state index contributed by atoms with van der Waals surface area (Å²) < 4.78 is 56.9. The van der Waals surface area contributed by atoms with Gasteiger partial charge in [0.25, 0.3) is 0 Å². The lowest BCUT2D eigenvalue weighted by molar-refractivity contribution is -0.138. The average Bonchev–Trinajstić information content (AvgIpc) is 3.41. The first-order chi connectivity index (χ1) is 17.6. The number of fused-ring (bicyclic) bond motifs is 1. The third-order valence-corrected chi connectivity index (χ3v) is 8.45. The lowest BCUT2D eigenvalue weighted by Gasteiger charge is -2.27. The third-order valence-electron chi connectivity index (χ3n) is 6.92. The van der Waals surface area contributed by atoms with Crippen molar-refractivity contribution in [3.8, 4) is 11.3 Å². The molecule has 4 N–H and O–H groups in total. The Morgan fingerprint density at radius 3 is 2.50 bits per heavy atom. The Labute approximate surface area is 219 Å². The van der Waals surface area contributed by atoms with Crippen LogP contribution in [0.15, 0.2) is 24.4 Å². The molecule has 0 spiro atoms. The van der Waals surface area contributed by atoms with Crippen LogP contribution >= 0.6 is 7.14 Å². The highest BCUT2D eigenvalue weighted by Crippen LogP contribution is 2.45. The van der Waals surface area contributed by atoms with E-state index in [1.807, 2.05) is 0 Å². The van der Waals surface area contributed by atoms with Crippen LogP contribution in [0.3, 0.4) is 0 Å². The van der Waals surface area contributed by atoms with Crippen molar-refractivity contribution < 1.29 is 27.6 Å². The van der Waals surface area contributed by atoms with E-state index in [0.717, 1.165) is 19.3 Å². The minimum atomic E-state index is -4.73. The third kappa shape index (κ3) is 5.67. The molecule has 0 saturated heterocycles. The number of nitrogens with zero attached hydrogens (tertiary/aromatic N) is 2. The van der Waals surface area contributed by atoms with Gasteiger partial charge >= 0.3 is 12.3 Å². The van der Waals surface area contributed by atoms with Gasteiger partial charge in [-0.2, -0.15) is 13.2 Å². The fourth-order valence-corrected chi connectivity index (χ4v) is 6.34. The van der Waals surface area contributed by atoms with Gasteiger partial charge in [-0.05, 0) is 38.2 Å². The predicted molar refractivity (Wildman–Crippen MR) is 143 cm³/mol. The second-order valence-corrected chi connectivity index (χ2v) is 14.4. The van der Waals surface area contributed by atoms with Crippen molar-refractivity contribution >= 4 is 35.4 Å². The van der Waals surface area contributed by atoms with E-state index in [9.17, 15) is 22.5 Å². The maximum Gasteiger partial charge on any atom is 0.420 e. The van der Waals surface area contributed by atoms with Gasteiger partial charge in [-0.15, -0.1) is 0 Å². The highest BCUT2D eigenvalue weighted by atomic mass is 31.2. The number of nitrogens with one attached hydrogen (secondary N) is 3. The molecule has 12 heteroatoms. The number of para-hydroxylation sites is 1. The fourth-order valence-electron chi connectivity index (χ4n) is 5.17. The molecule has 1 saturated carbocycles. The molecule has 0 aliphatic heterocycles. The SMILES string of the molecule is CC(C)(C)c1nc(N[C@H]2CCC[C@H]2CNC(=O)O)nc(-c2c[nH]c3c(P(C)(C)=O)cccc23)c1C(F)(F)F. The van der Waals surface area contributed by atoms with E-state index in [1.54, 1.807) is 52.3 Å². The monoisotopic (exact) mass is 551 g/mol. The lowest BCUT2D eigenvalue weighted by Crippen LogP contribution is -2.35. The molecule has 38 heavy (non-hydrogen) atoms. The van der Waals surface area contributed by atoms with Crippen molar-refractivity contribution in [1.82, 2.24) is 20.3 Å². The number of alkyl halides is 3. The smallest absolute Gasteiger partial charge is 0.420 e. The van der Waals surface area contributed by atoms with E-state index in [4.69, 9.17) is 5.11 Å². The second kappa shape index (κ2) is 9.91. The van der Waals surface area contributed by atoms with Gasteiger partial charge < -0.3 is 25.3 Å². The molecule has 1 aromatic carbocycles. The summed E-state index contributed by atoms with van der Waals surface area (Å²) in [5.74, 6) is 0.0183. The summed E-state index contributed by atoms with van der Waals surface area (Å²) in [5.41, 5.74) is -1.51. The van der Waals surface area contributed by atoms with Gasteiger partial charge in [-0.25, -0.2) is 14.8 Å². The highest BCUT2D eigenvalue weighted by Gasteiger charge is 2.42. The number of H-pyrrole nitrogens is 1. The fraction of sp³-hybridized carbons (Fsp3) is 0.500. The Morgan fingerprint density at radius 2 is 1.89 bits per heavy atom. The minimum Gasteiger partial charge on any atom is -0.465 e. The number of carboxylic acid groups (broad SMARTS) is 1. The molecule has 206 valence electrons. The van der Waals surface area contributed by atoms with Crippen molar-refractivity contribution in [1.29, 1.82) is 0 Å². The quantitative estimate of drug-likeness (QED) is 0.278. The Kier molecular flexibility index (Phi) is 7.29. The number of aromatic amines is 1. The summed E-state index contributed by atoms with van der Waals surface area (Å²) in [5, 5.41) is 15.7. The van der Waals surface area contributed by atoms with Crippen molar-refractivity contribution in [2.45, 2.75) is 57.7 Å². The molecular formula is C26H33F3N5O3P. The van der Waals surface area contributed by atoms with Crippen molar-refractivity contribution in [2.75, 3.05) is 25.2 Å². The average molecular weight is 552 g/mol. The molecule has 1 amide bonds. The van der Waals surface area contributed by atoms with Gasteiger partial charge in [0.1, 0.15) is 12.7 Å². The molecule has 1 fully saturated rings. The zero-order valence-electron chi connectivity index (χ0n) is 22.0. The molecule has 2 aromatic heterocycles. The molecule has 4 rings (SSSR count). The van der Waals surface area contributed by atoms with Gasteiger partial charge in [0.15, 0.2) is 0 Å². The summed E-state index contributed by atoms with van der Waals surface area (Å²) in [6, 6.07) is 4.90. The summed E-state index contributed by atoms with van der Waals surface area (Å²) in [7, 11) is -2.72. The molecule has 1 aliphatic rings. The Hall–Kier alpha value is -3.07. The van der Waals surface area contributed by atoms with Gasteiger partial charge in [0.05, 0.1) is 16.9 Å². The van der Waals surface area contributed by atoms with E-state index in [1.165, 1.54) is 6.20 Å². The van der Waals surface area contributed by atoms with Crippen LogP contribution in [0.1, 0.15) is 51.3 Å². The van der Waals surface area contributed by atoms with Crippen LogP contribution in [-0.4, -0.2) is 52.1 Å². The van der Waals surface area contributed by atoms with Gasteiger partial charge in [0.2, 0.25) is 5.95 Å². The molecule has 2 atom stereocenters. The number of amides is 1. The number of halogens is 3. The van der Waals surface area contributed by atoms with Crippen LogP contribution in [0.2, 0.25) is 0 Å². The molecular weight excluding hydrogens is 518 g/mol. The normalized spacial score (nSPS) is 18.6. The zero-order valence-corrected chi connectivity index (χ0v) is 22.9. The first-order valence-electron chi connectivity index (χ1n) is 12.5. The van der Waals surface area contributed by atoms with Gasteiger partial charge in [0, 0.05) is 40.5 Å².